The molecule has 0 fully saturated rings. The molecule has 4 heteroatoms. The average Bonchev–Trinajstić information content (AvgIpc) is 1.85. The van der Waals surface area contributed by atoms with Gasteiger partial charge >= 0.3 is 0 Å². The fourth-order valence-corrected chi connectivity index (χ4v) is 0.943. The predicted molar refractivity (Wildman–Crippen MR) is 42.9 cm³/mol. The van der Waals surface area contributed by atoms with Gasteiger partial charge in [-0.3, -0.25) is 0 Å². The van der Waals surface area contributed by atoms with Crippen LogP contribution in [0.4, 0.5) is 0 Å². The molecule has 0 spiro atoms. The van der Waals surface area contributed by atoms with Crippen LogP contribution < -0.4 is 4.74 Å². The summed E-state index contributed by atoms with van der Waals surface area (Å²) in [5.41, 5.74) is 0.813. The molecule has 60 valence electrons. The van der Waals surface area contributed by atoms with E-state index < -0.39 is 0 Å². The van der Waals surface area contributed by atoms with Gasteiger partial charge in [-0.15, -0.1) is 0 Å². The maximum absolute atomic E-state index is 5.58. The summed E-state index contributed by atoms with van der Waals surface area (Å²) in [5.74, 6) is 0.532. The lowest BCUT2D eigenvalue weighted by atomic mass is 10.4. The van der Waals surface area contributed by atoms with Crippen LogP contribution in [0.25, 0.3) is 0 Å². The van der Waals surface area contributed by atoms with E-state index in [-0.39, 0.29) is 5.28 Å². The molecule has 0 atom stereocenters. The van der Waals surface area contributed by atoms with E-state index in [4.69, 9.17) is 16.3 Å². The smallest absolute Gasteiger partial charge is 0.225 e. The number of nitrogens with zero attached hydrogens (tertiary/aromatic N) is 2. The summed E-state index contributed by atoms with van der Waals surface area (Å²) in [6.45, 7) is 4.33. The van der Waals surface area contributed by atoms with Crippen LogP contribution >= 0.6 is 11.6 Å². The summed E-state index contributed by atoms with van der Waals surface area (Å²) in [4.78, 5) is 7.75. The van der Waals surface area contributed by atoms with Gasteiger partial charge in [0.25, 0.3) is 0 Å². The van der Waals surface area contributed by atoms with E-state index >= 15 is 0 Å². The van der Waals surface area contributed by atoms with Crippen LogP contribution in [-0.4, -0.2) is 16.6 Å². The Kier molecular flexibility index (Phi) is 2.65. The molecule has 0 bridgehead atoms. The number of hydrogen-bond acceptors (Lipinski definition) is 3. The van der Waals surface area contributed by atoms with Gasteiger partial charge in [0.2, 0.25) is 11.2 Å². The monoisotopic (exact) mass is 172 g/mol. The lowest BCUT2D eigenvalue weighted by Gasteiger charge is -2.01. The van der Waals surface area contributed by atoms with Crippen molar-refractivity contribution in [2.75, 3.05) is 6.61 Å². The van der Waals surface area contributed by atoms with E-state index in [1.165, 1.54) is 0 Å². The van der Waals surface area contributed by atoms with Gasteiger partial charge in [-0.25, -0.2) is 4.98 Å². The molecule has 1 aromatic rings. The summed E-state index contributed by atoms with van der Waals surface area (Å²) < 4.78 is 5.13. The highest BCUT2D eigenvalue weighted by Gasteiger charge is 1.98. The Morgan fingerprint density at radius 3 is 2.82 bits per heavy atom. The molecule has 0 aliphatic carbocycles. The molecule has 1 aromatic heterocycles. The van der Waals surface area contributed by atoms with Crippen molar-refractivity contribution in [1.82, 2.24) is 9.97 Å². The standard InChI is InChI=1S/C7H9ClN2O/c1-3-11-6-4-5(2)9-7(8)10-6/h4H,3H2,1-2H3. The predicted octanol–water partition coefficient (Wildman–Crippen LogP) is 1.84. The molecular formula is C7H9ClN2O. The molecule has 0 radical (unpaired) electrons. The van der Waals surface area contributed by atoms with Crippen molar-refractivity contribution in [1.29, 1.82) is 0 Å². The second-order valence-electron chi connectivity index (χ2n) is 2.05. The van der Waals surface area contributed by atoms with Gasteiger partial charge in [0, 0.05) is 11.8 Å². The third-order valence-electron chi connectivity index (χ3n) is 1.10. The molecule has 0 amide bonds. The van der Waals surface area contributed by atoms with Gasteiger partial charge in [-0.1, -0.05) is 0 Å². The van der Waals surface area contributed by atoms with Crippen molar-refractivity contribution >= 4 is 11.6 Å². The maximum Gasteiger partial charge on any atom is 0.225 e. The first-order valence-corrected chi connectivity index (χ1v) is 3.74. The van der Waals surface area contributed by atoms with E-state index in [2.05, 4.69) is 9.97 Å². The molecule has 1 rings (SSSR count). The molecule has 0 unspecified atom stereocenters. The van der Waals surface area contributed by atoms with Crippen molar-refractivity contribution in [2.24, 2.45) is 0 Å². The minimum atomic E-state index is 0.230. The van der Waals surface area contributed by atoms with Crippen LogP contribution in [0.3, 0.4) is 0 Å². The number of rotatable bonds is 2. The largest absolute Gasteiger partial charge is 0.478 e. The van der Waals surface area contributed by atoms with E-state index in [0.29, 0.717) is 12.5 Å². The number of aromatic nitrogens is 2. The molecule has 11 heavy (non-hydrogen) atoms. The Bertz CT molecular complexity index is 232. The van der Waals surface area contributed by atoms with Crippen molar-refractivity contribution < 1.29 is 4.74 Å². The summed E-state index contributed by atoms with van der Waals surface area (Å²) in [7, 11) is 0. The van der Waals surface area contributed by atoms with E-state index in [1.807, 2.05) is 13.8 Å². The fourth-order valence-electron chi connectivity index (χ4n) is 0.727. The molecule has 0 aromatic carbocycles. The number of ether oxygens (including phenoxy) is 1. The lowest BCUT2D eigenvalue weighted by molar-refractivity contribution is 0.326. The average molecular weight is 173 g/mol. The van der Waals surface area contributed by atoms with Gasteiger partial charge in [0.15, 0.2) is 0 Å². The zero-order valence-electron chi connectivity index (χ0n) is 6.47. The van der Waals surface area contributed by atoms with Crippen LogP contribution in [0.15, 0.2) is 6.07 Å². The van der Waals surface area contributed by atoms with Gasteiger partial charge in [0.1, 0.15) is 0 Å². The second kappa shape index (κ2) is 3.53. The zero-order chi connectivity index (χ0) is 8.27. The lowest BCUT2D eigenvalue weighted by Crippen LogP contribution is -1.96. The highest BCUT2D eigenvalue weighted by Crippen LogP contribution is 2.11. The Balaban J connectivity index is 2.89. The van der Waals surface area contributed by atoms with E-state index in [9.17, 15) is 0 Å². The van der Waals surface area contributed by atoms with Crippen molar-refractivity contribution in [3.8, 4) is 5.88 Å². The van der Waals surface area contributed by atoms with Crippen molar-refractivity contribution in [3.63, 3.8) is 0 Å². The molecule has 3 nitrogen and oxygen atoms in total. The van der Waals surface area contributed by atoms with Gasteiger partial charge in [0.05, 0.1) is 6.61 Å². The summed E-state index contributed by atoms with van der Waals surface area (Å²) in [6.07, 6.45) is 0. The minimum Gasteiger partial charge on any atom is -0.478 e. The molecule has 0 aliphatic rings. The molecular weight excluding hydrogens is 164 g/mol. The topological polar surface area (TPSA) is 35.0 Å². The van der Waals surface area contributed by atoms with Crippen LogP contribution in [0.5, 0.6) is 5.88 Å². The second-order valence-corrected chi connectivity index (χ2v) is 2.39. The summed E-state index contributed by atoms with van der Waals surface area (Å²) in [5, 5.41) is 0.230. The van der Waals surface area contributed by atoms with Crippen molar-refractivity contribution in [3.05, 3.63) is 17.0 Å². The zero-order valence-corrected chi connectivity index (χ0v) is 7.22. The minimum absolute atomic E-state index is 0.230. The first-order chi connectivity index (χ1) is 5.22. The van der Waals surface area contributed by atoms with Crippen LogP contribution in [0, 0.1) is 6.92 Å². The van der Waals surface area contributed by atoms with Crippen LogP contribution in [0.1, 0.15) is 12.6 Å². The molecule has 0 saturated heterocycles. The Hall–Kier alpha value is -0.830. The number of halogens is 1. The highest BCUT2D eigenvalue weighted by atomic mass is 35.5. The maximum atomic E-state index is 5.58. The quantitative estimate of drug-likeness (QED) is 0.639. The SMILES string of the molecule is CCOc1cc(C)nc(Cl)n1. The third kappa shape index (κ3) is 2.35. The Morgan fingerprint density at radius 2 is 2.27 bits per heavy atom. The Labute approximate surface area is 70.4 Å². The van der Waals surface area contributed by atoms with Crippen LogP contribution in [0.2, 0.25) is 5.28 Å². The fraction of sp³-hybridized carbons (Fsp3) is 0.429. The van der Waals surface area contributed by atoms with Gasteiger partial charge in [-0.05, 0) is 25.4 Å². The molecule has 0 aliphatic heterocycles. The Morgan fingerprint density at radius 1 is 1.55 bits per heavy atom. The van der Waals surface area contributed by atoms with Crippen LogP contribution in [-0.2, 0) is 0 Å². The van der Waals surface area contributed by atoms with Gasteiger partial charge in [-0.2, -0.15) is 4.98 Å². The normalized spacial score (nSPS) is 9.73. The summed E-state index contributed by atoms with van der Waals surface area (Å²) in [6, 6.07) is 1.75. The molecule has 1 heterocycles. The first kappa shape index (κ1) is 8.27. The van der Waals surface area contributed by atoms with Gasteiger partial charge < -0.3 is 4.74 Å². The van der Waals surface area contributed by atoms with Crippen molar-refractivity contribution in [2.45, 2.75) is 13.8 Å². The van der Waals surface area contributed by atoms with E-state index in [1.54, 1.807) is 6.07 Å². The van der Waals surface area contributed by atoms with E-state index in [0.717, 1.165) is 5.69 Å². The highest BCUT2D eigenvalue weighted by molar-refractivity contribution is 6.28. The third-order valence-corrected chi connectivity index (χ3v) is 1.26. The molecule has 0 saturated carbocycles. The summed E-state index contributed by atoms with van der Waals surface area (Å²) >= 11 is 5.58. The molecule has 0 N–H and O–H groups in total. The number of aryl methyl sites for hydroxylation is 1. The first-order valence-electron chi connectivity index (χ1n) is 3.36. The number of hydrogen-bond donors (Lipinski definition) is 0.